The Hall–Kier alpha value is -3.02. The highest BCUT2D eigenvalue weighted by atomic mass is 16.5. The van der Waals surface area contributed by atoms with Crippen molar-refractivity contribution in [3.05, 3.63) is 54.1 Å². The molecule has 2 amide bonds. The van der Waals surface area contributed by atoms with Gasteiger partial charge in [-0.1, -0.05) is 25.1 Å². The number of anilines is 2. The van der Waals surface area contributed by atoms with Gasteiger partial charge in [0.15, 0.2) is 0 Å². The molecule has 0 unspecified atom stereocenters. The van der Waals surface area contributed by atoms with Gasteiger partial charge in [-0.2, -0.15) is 0 Å². The van der Waals surface area contributed by atoms with E-state index in [2.05, 4.69) is 5.32 Å². The first-order valence-corrected chi connectivity index (χ1v) is 8.15. The fourth-order valence-corrected chi connectivity index (χ4v) is 2.74. The lowest BCUT2D eigenvalue weighted by atomic mass is 10.1. The van der Waals surface area contributed by atoms with E-state index in [9.17, 15) is 9.59 Å². The first-order chi connectivity index (χ1) is 12.1. The molecule has 0 aromatic heterocycles. The molecular weight excluding hydrogens is 320 g/mol. The Morgan fingerprint density at radius 1 is 1.24 bits per heavy atom. The number of urea groups is 1. The number of para-hydroxylation sites is 2. The third-order valence-electron chi connectivity index (χ3n) is 4.07. The van der Waals surface area contributed by atoms with E-state index in [-0.39, 0.29) is 12.1 Å². The summed E-state index contributed by atoms with van der Waals surface area (Å²) >= 11 is 0. The highest BCUT2D eigenvalue weighted by Crippen LogP contribution is 2.34. The number of esters is 1. The normalized spacial score (nSPS) is 15.8. The molecule has 0 saturated carbocycles. The minimum absolute atomic E-state index is 0.0537. The fourth-order valence-electron chi connectivity index (χ4n) is 2.74. The Labute approximate surface area is 146 Å². The highest BCUT2D eigenvalue weighted by molar-refractivity contribution is 6.03. The Kier molecular flexibility index (Phi) is 4.88. The van der Waals surface area contributed by atoms with Gasteiger partial charge in [0.05, 0.1) is 24.9 Å². The number of fused-ring (bicyclic) bond motifs is 1. The van der Waals surface area contributed by atoms with Crippen LogP contribution >= 0.6 is 0 Å². The van der Waals surface area contributed by atoms with E-state index in [1.54, 1.807) is 29.2 Å². The minimum atomic E-state index is -0.445. The monoisotopic (exact) mass is 340 g/mol. The maximum Gasteiger partial charge on any atom is 0.337 e. The van der Waals surface area contributed by atoms with Crippen molar-refractivity contribution in [2.45, 2.75) is 19.4 Å². The van der Waals surface area contributed by atoms with E-state index in [1.165, 1.54) is 7.11 Å². The van der Waals surface area contributed by atoms with Crippen molar-refractivity contribution >= 4 is 23.4 Å². The van der Waals surface area contributed by atoms with Crippen LogP contribution < -0.4 is 15.0 Å². The summed E-state index contributed by atoms with van der Waals surface area (Å²) in [5.74, 6) is 0.248. The van der Waals surface area contributed by atoms with Gasteiger partial charge in [-0.15, -0.1) is 0 Å². The predicted octanol–water partition coefficient (Wildman–Crippen LogP) is 3.68. The number of hydrogen-bond donors (Lipinski definition) is 1. The summed E-state index contributed by atoms with van der Waals surface area (Å²) in [5, 5.41) is 2.84. The van der Waals surface area contributed by atoms with Gasteiger partial charge < -0.3 is 14.8 Å². The zero-order chi connectivity index (χ0) is 17.8. The Balaban J connectivity index is 1.82. The summed E-state index contributed by atoms with van der Waals surface area (Å²) in [6.45, 7) is 2.49. The molecule has 1 N–H and O–H groups in total. The zero-order valence-electron chi connectivity index (χ0n) is 14.2. The number of methoxy groups -OCH3 is 1. The molecule has 0 bridgehead atoms. The Morgan fingerprint density at radius 3 is 2.80 bits per heavy atom. The standard InChI is InChI=1S/C19H20N2O4/c1-3-15-12-21(16-9-4-5-10-17(16)25-15)19(23)20-14-8-6-7-13(11-14)18(22)24-2/h4-11,15H,3,12H2,1-2H3,(H,20,23)/t15-/m1/s1. The highest BCUT2D eigenvalue weighted by Gasteiger charge is 2.28. The van der Waals surface area contributed by atoms with Crippen LogP contribution in [0.3, 0.4) is 0 Å². The maximum absolute atomic E-state index is 12.8. The first-order valence-electron chi connectivity index (χ1n) is 8.15. The van der Waals surface area contributed by atoms with Crippen LogP contribution in [0.1, 0.15) is 23.7 Å². The van der Waals surface area contributed by atoms with Crippen LogP contribution in [-0.2, 0) is 4.74 Å². The van der Waals surface area contributed by atoms with Gasteiger partial charge in [0.2, 0.25) is 0 Å². The molecule has 6 nitrogen and oxygen atoms in total. The summed E-state index contributed by atoms with van der Waals surface area (Å²) in [6.07, 6.45) is 0.748. The topological polar surface area (TPSA) is 67.9 Å². The first kappa shape index (κ1) is 16.8. The molecule has 2 aromatic rings. The van der Waals surface area contributed by atoms with Crippen molar-refractivity contribution in [2.75, 3.05) is 23.9 Å². The molecule has 0 radical (unpaired) electrons. The quantitative estimate of drug-likeness (QED) is 0.866. The van der Waals surface area contributed by atoms with Gasteiger partial charge in [0.25, 0.3) is 0 Å². The van der Waals surface area contributed by atoms with Crippen LogP contribution in [0.25, 0.3) is 0 Å². The van der Waals surface area contributed by atoms with Crippen LogP contribution in [0, 0.1) is 0 Å². The van der Waals surface area contributed by atoms with Gasteiger partial charge in [0.1, 0.15) is 11.9 Å². The molecule has 0 aliphatic carbocycles. The van der Waals surface area contributed by atoms with Gasteiger partial charge in [-0.05, 0) is 36.8 Å². The van der Waals surface area contributed by atoms with E-state index < -0.39 is 5.97 Å². The van der Waals surface area contributed by atoms with Crippen molar-refractivity contribution in [1.29, 1.82) is 0 Å². The van der Waals surface area contributed by atoms with Crippen LogP contribution in [0.15, 0.2) is 48.5 Å². The Morgan fingerprint density at radius 2 is 2.04 bits per heavy atom. The van der Waals surface area contributed by atoms with Gasteiger partial charge >= 0.3 is 12.0 Å². The van der Waals surface area contributed by atoms with E-state index in [1.807, 2.05) is 31.2 Å². The summed E-state index contributed by atoms with van der Waals surface area (Å²) < 4.78 is 10.6. The molecule has 0 fully saturated rings. The number of rotatable bonds is 3. The summed E-state index contributed by atoms with van der Waals surface area (Å²) in [5.41, 5.74) is 1.65. The smallest absolute Gasteiger partial charge is 0.337 e. The van der Waals surface area contributed by atoms with Crippen molar-refractivity contribution in [3.63, 3.8) is 0 Å². The zero-order valence-corrected chi connectivity index (χ0v) is 14.2. The van der Waals surface area contributed by atoms with Crippen LogP contribution in [0.2, 0.25) is 0 Å². The second-order valence-corrected chi connectivity index (χ2v) is 5.73. The molecule has 1 aliphatic rings. The van der Waals surface area contributed by atoms with E-state index >= 15 is 0 Å². The molecule has 0 saturated heterocycles. The number of hydrogen-bond acceptors (Lipinski definition) is 4. The third kappa shape index (κ3) is 3.57. The summed E-state index contributed by atoms with van der Waals surface area (Å²) in [6, 6.07) is 13.8. The number of carbonyl (C=O) groups is 2. The lowest BCUT2D eigenvalue weighted by Gasteiger charge is -2.34. The molecule has 130 valence electrons. The SMILES string of the molecule is CC[C@@H]1CN(C(=O)Nc2cccc(C(=O)OC)c2)c2ccccc2O1. The fraction of sp³-hybridized carbons (Fsp3) is 0.263. The molecule has 0 spiro atoms. The average molecular weight is 340 g/mol. The molecule has 25 heavy (non-hydrogen) atoms. The number of nitrogens with zero attached hydrogens (tertiary/aromatic N) is 1. The summed E-state index contributed by atoms with van der Waals surface area (Å²) in [7, 11) is 1.32. The molecule has 1 aliphatic heterocycles. The van der Waals surface area contributed by atoms with Crippen molar-refractivity contribution < 1.29 is 19.1 Å². The van der Waals surface area contributed by atoms with Crippen LogP contribution in [0.4, 0.5) is 16.2 Å². The number of carbonyl (C=O) groups excluding carboxylic acids is 2. The molecule has 2 aromatic carbocycles. The van der Waals surface area contributed by atoms with Gasteiger partial charge in [0, 0.05) is 5.69 Å². The number of amides is 2. The van der Waals surface area contributed by atoms with Gasteiger partial charge in [-0.3, -0.25) is 4.90 Å². The second-order valence-electron chi connectivity index (χ2n) is 5.73. The van der Waals surface area contributed by atoms with Crippen molar-refractivity contribution in [1.82, 2.24) is 0 Å². The Bertz CT molecular complexity index is 790. The number of benzene rings is 2. The number of nitrogens with one attached hydrogen (secondary N) is 1. The van der Waals surface area contributed by atoms with Crippen LogP contribution in [0.5, 0.6) is 5.75 Å². The second kappa shape index (κ2) is 7.25. The predicted molar refractivity (Wildman–Crippen MR) is 95.3 cm³/mol. The largest absolute Gasteiger partial charge is 0.486 e. The van der Waals surface area contributed by atoms with Crippen molar-refractivity contribution in [3.8, 4) is 5.75 Å². The lowest BCUT2D eigenvalue weighted by Crippen LogP contribution is -2.45. The summed E-state index contributed by atoms with van der Waals surface area (Å²) in [4.78, 5) is 26.1. The van der Waals surface area contributed by atoms with Gasteiger partial charge in [-0.25, -0.2) is 9.59 Å². The van der Waals surface area contributed by atoms with E-state index in [4.69, 9.17) is 9.47 Å². The maximum atomic E-state index is 12.8. The van der Waals surface area contributed by atoms with Crippen LogP contribution in [-0.4, -0.2) is 31.8 Å². The molecule has 1 heterocycles. The minimum Gasteiger partial charge on any atom is -0.486 e. The van der Waals surface area contributed by atoms with E-state index in [0.717, 1.165) is 12.1 Å². The van der Waals surface area contributed by atoms with Crippen molar-refractivity contribution in [2.24, 2.45) is 0 Å². The molecular formula is C19H20N2O4. The number of ether oxygens (including phenoxy) is 2. The average Bonchev–Trinajstić information content (AvgIpc) is 2.66. The van der Waals surface area contributed by atoms with E-state index in [0.29, 0.717) is 23.5 Å². The lowest BCUT2D eigenvalue weighted by molar-refractivity contribution is 0.0600. The molecule has 3 rings (SSSR count). The third-order valence-corrected chi connectivity index (χ3v) is 4.07. The molecule has 6 heteroatoms. The molecule has 1 atom stereocenters.